The summed E-state index contributed by atoms with van der Waals surface area (Å²) in [7, 11) is 0. The van der Waals surface area contributed by atoms with Gasteiger partial charge in [-0.05, 0) is 24.3 Å². The van der Waals surface area contributed by atoms with E-state index >= 15 is 0 Å². The van der Waals surface area contributed by atoms with Crippen molar-refractivity contribution in [1.29, 1.82) is 0 Å². The van der Waals surface area contributed by atoms with Crippen LogP contribution in [0.1, 0.15) is 9.67 Å². The second kappa shape index (κ2) is 3.23. The maximum atomic E-state index is 11.1. The first-order chi connectivity index (χ1) is 7.65. The molecule has 80 valence electrons. The van der Waals surface area contributed by atoms with E-state index in [9.17, 15) is 4.79 Å². The highest BCUT2D eigenvalue weighted by Gasteiger charge is 2.11. The van der Waals surface area contributed by atoms with Crippen molar-refractivity contribution in [2.45, 2.75) is 0 Å². The number of halogens is 1. The Morgan fingerprint density at radius 1 is 1.31 bits per heavy atom. The van der Waals surface area contributed by atoms with Gasteiger partial charge in [-0.25, -0.2) is 0 Å². The van der Waals surface area contributed by atoms with Crippen LogP contribution in [0.25, 0.3) is 21.1 Å². The van der Waals surface area contributed by atoms with Crippen LogP contribution in [0.4, 0.5) is 0 Å². The minimum atomic E-state index is -0.398. The second-order valence-corrected chi connectivity index (χ2v) is 5.02. The van der Waals surface area contributed by atoms with Crippen molar-refractivity contribution in [2.75, 3.05) is 0 Å². The van der Waals surface area contributed by atoms with Gasteiger partial charge in [0.25, 0.3) is 5.91 Å². The first kappa shape index (κ1) is 9.69. The maximum Gasteiger partial charge on any atom is 0.258 e. The fourth-order valence-electron chi connectivity index (χ4n) is 1.78. The van der Waals surface area contributed by atoms with Gasteiger partial charge in [-0.1, -0.05) is 11.6 Å². The minimum Gasteiger partial charge on any atom is -0.365 e. The molecule has 2 aromatic heterocycles. The van der Waals surface area contributed by atoms with Gasteiger partial charge < -0.3 is 10.7 Å². The smallest absolute Gasteiger partial charge is 0.258 e. The molecule has 0 saturated carbocycles. The number of thiophene rings is 1. The summed E-state index contributed by atoms with van der Waals surface area (Å²) >= 11 is 7.31. The van der Waals surface area contributed by atoms with Crippen LogP contribution in [0.2, 0.25) is 5.02 Å². The van der Waals surface area contributed by atoms with Crippen LogP contribution in [0.5, 0.6) is 0 Å². The van der Waals surface area contributed by atoms with E-state index < -0.39 is 5.91 Å². The molecule has 2 heterocycles. The van der Waals surface area contributed by atoms with Crippen LogP contribution >= 0.6 is 22.9 Å². The minimum absolute atomic E-state index is 0.398. The fraction of sp³-hybridized carbons (Fsp3) is 0. The lowest BCUT2D eigenvalue weighted by Crippen LogP contribution is -2.08. The molecule has 1 amide bonds. The number of H-pyrrole nitrogens is 1. The summed E-state index contributed by atoms with van der Waals surface area (Å²) in [4.78, 5) is 15.8. The zero-order valence-corrected chi connectivity index (χ0v) is 9.65. The van der Waals surface area contributed by atoms with E-state index in [0.29, 0.717) is 9.90 Å². The number of rotatable bonds is 1. The Balaban J connectivity index is 2.40. The lowest BCUT2D eigenvalue weighted by molar-refractivity contribution is 0.100. The standard InChI is InChI=1S/C11H7ClN2OS/c12-5-1-2-8-6(3-5)7-4-9(10(13)15)16-11(7)14-8/h1-4,14H,(H2,13,15). The summed E-state index contributed by atoms with van der Waals surface area (Å²) in [5.74, 6) is -0.398. The Morgan fingerprint density at radius 2 is 2.12 bits per heavy atom. The topological polar surface area (TPSA) is 58.9 Å². The highest BCUT2D eigenvalue weighted by molar-refractivity contribution is 7.20. The van der Waals surface area contributed by atoms with Gasteiger partial charge in [-0.2, -0.15) is 0 Å². The Bertz CT molecular complexity index is 713. The van der Waals surface area contributed by atoms with Crippen molar-refractivity contribution < 1.29 is 4.79 Å². The van der Waals surface area contributed by atoms with Gasteiger partial charge in [0.15, 0.2) is 0 Å². The number of carbonyl (C=O) groups is 1. The number of amides is 1. The van der Waals surface area contributed by atoms with E-state index in [4.69, 9.17) is 17.3 Å². The van der Waals surface area contributed by atoms with Crippen LogP contribution in [-0.2, 0) is 0 Å². The Kier molecular flexibility index (Phi) is 1.96. The molecule has 1 aromatic carbocycles. The number of carbonyl (C=O) groups excluding carboxylic acids is 1. The average molecular weight is 251 g/mol. The summed E-state index contributed by atoms with van der Waals surface area (Å²) in [5.41, 5.74) is 6.26. The van der Waals surface area contributed by atoms with Crippen molar-refractivity contribution in [1.82, 2.24) is 4.98 Å². The molecule has 0 fully saturated rings. The number of nitrogens with one attached hydrogen (secondary N) is 1. The van der Waals surface area contributed by atoms with Crippen LogP contribution in [0, 0.1) is 0 Å². The second-order valence-electron chi connectivity index (χ2n) is 3.53. The molecule has 0 saturated heterocycles. The number of aromatic amines is 1. The lowest BCUT2D eigenvalue weighted by Gasteiger charge is -1.91. The van der Waals surface area contributed by atoms with Crippen molar-refractivity contribution in [3.63, 3.8) is 0 Å². The van der Waals surface area contributed by atoms with E-state index in [1.807, 2.05) is 18.2 Å². The van der Waals surface area contributed by atoms with E-state index in [1.54, 1.807) is 6.07 Å². The number of nitrogens with two attached hydrogens (primary N) is 1. The van der Waals surface area contributed by atoms with Crippen LogP contribution < -0.4 is 5.73 Å². The highest BCUT2D eigenvalue weighted by atomic mass is 35.5. The number of fused-ring (bicyclic) bond motifs is 3. The largest absolute Gasteiger partial charge is 0.365 e. The Hall–Kier alpha value is -1.52. The van der Waals surface area contributed by atoms with E-state index in [2.05, 4.69) is 4.98 Å². The van der Waals surface area contributed by atoms with Crippen molar-refractivity contribution in [3.05, 3.63) is 34.2 Å². The molecule has 0 aliphatic heterocycles. The molecule has 0 atom stereocenters. The zero-order valence-electron chi connectivity index (χ0n) is 8.08. The monoisotopic (exact) mass is 250 g/mol. The molecular weight excluding hydrogens is 244 g/mol. The predicted octanol–water partition coefficient (Wildman–Crippen LogP) is 3.13. The van der Waals surface area contributed by atoms with Gasteiger partial charge in [0.1, 0.15) is 4.83 Å². The zero-order chi connectivity index (χ0) is 11.3. The summed E-state index contributed by atoms with van der Waals surface area (Å²) in [6, 6.07) is 7.44. The third-order valence-electron chi connectivity index (χ3n) is 2.49. The van der Waals surface area contributed by atoms with Gasteiger partial charge in [0.2, 0.25) is 0 Å². The Labute approximate surface area is 99.8 Å². The van der Waals surface area contributed by atoms with Gasteiger partial charge in [-0.3, -0.25) is 4.79 Å². The molecule has 3 rings (SSSR count). The first-order valence-electron chi connectivity index (χ1n) is 4.66. The molecule has 0 radical (unpaired) electrons. The average Bonchev–Trinajstić information content (AvgIpc) is 2.75. The number of hydrogen-bond donors (Lipinski definition) is 2. The molecule has 0 unspecified atom stereocenters. The van der Waals surface area contributed by atoms with E-state index in [-0.39, 0.29) is 0 Å². The normalized spacial score (nSPS) is 11.3. The van der Waals surface area contributed by atoms with Crippen LogP contribution in [0.15, 0.2) is 24.3 Å². The summed E-state index contributed by atoms with van der Waals surface area (Å²) in [6.45, 7) is 0. The summed E-state index contributed by atoms with van der Waals surface area (Å²) in [6.07, 6.45) is 0. The molecule has 3 nitrogen and oxygen atoms in total. The molecular formula is C11H7ClN2OS. The molecule has 0 aliphatic carbocycles. The lowest BCUT2D eigenvalue weighted by atomic mass is 10.2. The molecule has 5 heteroatoms. The number of benzene rings is 1. The van der Waals surface area contributed by atoms with Gasteiger partial charge in [-0.15, -0.1) is 11.3 Å². The number of hydrogen-bond acceptors (Lipinski definition) is 2. The SMILES string of the molecule is NC(=O)c1cc2c([nH]c3ccc(Cl)cc32)s1. The quantitative estimate of drug-likeness (QED) is 0.685. The van der Waals surface area contributed by atoms with Crippen LogP contribution in [0.3, 0.4) is 0 Å². The number of aromatic nitrogens is 1. The highest BCUT2D eigenvalue weighted by Crippen LogP contribution is 2.33. The fourth-order valence-corrected chi connectivity index (χ4v) is 2.89. The van der Waals surface area contributed by atoms with Gasteiger partial charge in [0, 0.05) is 21.3 Å². The first-order valence-corrected chi connectivity index (χ1v) is 5.85. The predicted molar refractivity (Wildman–Crippen MR) is 67.2 cm³/mol. The molecule has 3 N–H and O–H groups in total. The van der Waals surface area contributed by atoms with Crippen molar-refractivity contribution in [2.24, 2.45) is 5.73 Å². The summed E-state index contributed by atoms with van der Waals surface area (Å²) < 4.78 is 0. The number of primary amides is 1. The summed E-state index contributed by atoms with van der Waals surface area (Å²) in [5, 5.41) is 2.70. The van der Waals surface area contributed by atoms with Gasteiger partial charge >= 0.3 is 0 Å². The Morgan fingerprint density at radius 3 is 2.88 bits per heavy atom. The molecule has 0 bridgehead atoms. The van der Waals surface area contributed by atoms with E-state index in [0.717, 1.165) is 21.1 Å². The molecule has 0 spiro atoms. The van der Waals surface area contributed by atoms with Crippen molar-refractivity contribution in [3.8, 4) is 0 Å². The molecule has 16 heavy (non-hydrogen) atoms. The van der Waals surface area contributed by atoms with E-state index in [1.165, 1.54) is 11.3 Å². The molecule has 0 aliphatic rings. The van der Waals surface area contributed by atoms with Crippen LogP contribution in [-0.4, -0.2) is 10.9 Å². The molecule has 3 aromatic rings. The third kappa shape index (κ3) is 1.31. The van der Waals surface area contributed by atoms with Gasteiger partial charge in [0.05, 0.1) is 4.88 Å². The maximum absolute atomic E-state index is 11.1. The third-order valence-corrected chi connectivity index (χ3v) is 3.80. The van der Waals surface area contributed by atoms with Crippen molar-refractivity contribution >= 4 is 50.0 Å².